The van der Waals surface area contributed by atoms with E-state index in [0.29, 0.717) is 0 Å². The molecule has 0 spiro atoms. The minimum Gasteiger partial charge on any atom is -0.497 e. The Kier molecular flexibility index (Phi) is 6.91. The van der Waals surface area contributed by atoms with Crippen molar-refractivity contribution in [2.45, 2.75) is 39.7 Å². The third-order valence-electron chi connectivity index (χ3n) is 3.45. The van der Waals surface area contributed by atoms with Gasteiger partial charge in [-0.2, -0.15) is 0 Å². The maximum atomic E-state index is 11.9. The zero-order chi connectivity index (χ0) is 15.0. The summed E-state index contributed by atoms with van der Waals surface area (Å²) in [6, 6.07) is 8.26. The smallest absolute Gasteiger partial charge is 0.317 e. The van der Waals surface area contributed by atoms with E-state index in [0.717, 1.165) is 31.7 Å². The zero-order valence-corrected chi connectivity index (χ0v) is 13.0. The highest BCUT2D eigenvalue weighted by Gasteiger charge is 2.12. The molecule has 0 aliphatic heterocycles. The second kappa shape index (κ2) is 8.46. The average Bonchev–Trinajstić information content (AvgIpc) is 2.47. The third kappa shape index (κ3) is 5.11. The summed E-state index contributed by atoms with van der Waals surface area (Å²) in [7, 11) is 1.67. The van der Waals surface area contributed by atoms with Gasteiger partial charge in [-0.25, -0.2) is 4.79 Å². The Morgan fingerprint density at radius 1 is 1.25 bits per heavy atom. The second-order valence-electron chi connectivity index (χ2n) is 4.91. The van der Waals surface area contributed by atoms with E-state index in [4.69, 9.17) is 4.74 Å². The predicted octanol–water partition coefficient (Wildman–Crippen LogP) is 3.07. The fourth-order valence-electron chi connectivity index (χ4n) is 2.06. The first-order valence-corrected chi connectivity index (χ1v) is 7.29. The van der Waals surface area contributed by atoms with Crippen molar-refractivity contribution in [3.63, 3.8) is 0 Å². The van der Waals surface area contributed by atoms with Gasteiger partial charge in [-0.05, 0) is 51.3 Å². The molecule has 20 heavy (non-hydrogen) atoms. The molecule has 1 atom stereocenters. The van der Waals surface area contributed by atoms with Crippen LogP contribution in [0.2, 0.25) is 0 Å². The summed E-state index contributed by atoms with van der Waals surface area (Å²) in [6.07, 6.45) is 1.88. The summed E-state index contributed by atoms with van der Waals surface area (Å²) in [5, 5.41) is 3.04. The van der Waals surface area contributed by atoms with Crippen LogP contribution in [0.25, 0.3) is 0 Å². The number of hydrogen-bond donors (Lipinski definition) is 1. The Bertz CT molecular complexity index is 399. The third-order valence-corrected chi connectivity index (χ3v) is 3.45. The van der Waals surface area contributed by atoms with Crippen LogP contribution in [0.15, 0.2) is 24.3 Å². The lowest BCUT2D eigenvalue weighted by molar-refractivity contribution is 0.199. The van der Waals surface area contributed by atoms with Gasteiger partial charge in [0.05, 0.1) is 7.11 Å². The summed E-state index contributed by atoms with van der Waals surface area (Å²) >= 11 is 0. The van der Waals surface area contributed by atoms with E-state index in [1.54, 1.807) is 12.0 Å². The maximum Gasteiger partial charge on any atom is 0.317 e. The van der Waals surface area contributed by atoms with Crippen LogP contribution >= 0.6 is 0 Å². The SMILES string of the molecule is CCN(CC)C(=O)NC(C)CCc1ccc(OC)cc1. The lowest BCUT2D eigenvalue weighted by Crippen LogP contribution is -2.43. The van der Waals surface area contributed by atoms with Crippen LogP contribution in [0.1, 0.15) is 32.8 Å². The molecule has 0 radical (unpaired) electrons. The number of nitrogens with zero attached hydrogens (tertiary/aromatic N) is 1. The van der Waals surface area contributed by atoms with Gasteiger partial charge in [-0.3, -0.25) is 0 Å². The monoisotopic (exact) mass is 278 g/mol. The van der Waals surface area contributed by atoms with Crippen LogP contribution in [0, 0.1) is 0 Å². The van der Waals surface area contributed by atoms with Crippen molar-refractivity contribution in [2.24, 2.45) is 0 Å². The second-order valence-corrected chi connectivity index (χ2v) is 4.91. The largest absolute Gasteiger partial charge is 0.497 e. The Labute approximate surface area is 122 Å². The van der Waals surface area contributed by atoms with E-state index in [9.17, 15) is 4.79 Å². The van der Waals surface area contributed by atoms with Gasteiger partial charge in [0.1, 0.15) is 5.75 Å². The minimum absolute atomic E-state index is 0.0252. The van der Waals surface area contributed by atoms with E-state index >= 15 is 0 Å². The molecule has 1 unspecified atom stereocenters. The Hall–Kier alpha value is -1.71. The van der Waals surface area contributed by atoms with Crippen molar-refractivity contribution in [1.82, 2.24) is 10.2 Å². The van der Waals surface area contributed by atoms with Crippen LogP contribution < -0.4 is 10.1 Å². The molecule has 0 saturated heterocycles. The lowest BCUT2D eigenvalue weighted by Gasteiger charge is -2.22. The number of urea groups is 1. The van der Waals surface area contributed by atoms with Crippen LogP contribution in [-0.4, -0.2) is 37.2 Å². The molecular formula is C16H26N2O2. The molecule has 0 aromatic heterocycles. The van der Waals surface area contributed by atoms with Gasteiger partial charge in [-0.15, -0.1) is 0 Å². The van der Waals surface area contributed by atoms with Crippen LogP contribution in [0.4, 0.5) is 4.79 Å². The van der Waals surface area contributed by atoms with Gasteiger partial charge in [0.25, 0.3) is 0 Å². The highest BCUT2D eigenvalue weighted by atomic mass is 16.5. The molecular weight excluding hydrogens is 252 g/mol. The molecule has 1 rings (SSSR count). The number of benzene rings is 1. The first-order valence-electron chi connectivity index (χ1n) is 7.29. The number of ether oxygens (including phenoxy) is 1. The lowest BCUT2D eigenvalue weighted by atomic mass is 10.1. The van der Waals surface area contributed by atoms with E-state index in [-0.39, 0.29) is 12.1 Å². The molecule has 4 nitrogen and oxygen atoms in total. The predicted molar refractivity (Wildman–Crippen MR) is 82.2 cm³/mol. The molecule has 0 fully saturated rings. The van der Waals surface area contributed by atoms with Crippen molar-refractivity contribution in [2.75, 3.05) is 20.2 Å². The van der Waals surface area contributed by atoms with Crippen molar-refractivity contribution >= 4 is 6.03 Å². The fourth-order valence-corrected chi connectivity index (χ4v) is 2.06. The molecule has 1 aromatic carbocycles. The number of nitrogens with one attached hydrogen (secondary N) is 1. The van der Waals surface area contributed by atoms with Gasteiger partial charge in [0, 0.05) is 19.1 Å². The van der Waals surface area contributed by atoms with Crippen molar-refractivity contribution in [1.29, 1.82) is 0 Å². The molecule has 1 N–H and O–H groups in total. The zero-order valence-electron chi connectivity index (χ0n) is 13.0. The Morgan fingerprint density at radius 2 is 1.85 bits per heavy atom. The highest BCUT2D eigenvalue weighted by molar-refractivity contribution is 5.74. The van der Waals surface area contributed by atoms with E-state index < -0.39 is 0 Å². The first-order chi connectivity index (χ1) is 9.60. The number of methoxy groups -OCH3 is 1. The minimum atomic E-state index is 0.0252. The topological polar surface area (TPSA) is 41.6 Å². The van der Waals surface area contributed by atoms with Gasteiger partial charge < -0.3 is 15.0 Å². The molecule has 2 amide bonds. The summed E-state index contributed by atoms with van der Waals surface area (Å²) in [4.78, 5) is 13.7. The molecule has 0 aliphatic carbocycles. The van der Waals surface area contributed by atoms with Gasteiger partial charge in [0.15, 0.2) is 0 Å². The molecule has 1 aromatic rings. The summed E-state index contributed by atoms with van der Waals surface area (Å²) in [6.45, 7) is 7.52. The van der Waals surface area contributed by atoms with E-state index in [1.165, 1.54) is 5.56 Å². The van der Waals surface area contributed by atoms with Crippen molar-refractivity contribution < 1.29 is 9.53 Å². The Balaban J connectivity index is 2.38. The molecule has 0 heterocycles. The van der Waals surface area contributed by atoms with Crippen molar-refractivity contribution in [3.8, 4) is 5.75 Å². The normalized spacial score (nSPS) is 11.8. The van der Waals surface area contributed by atoms with Crippen molar-refractivity contribution in [3.05, 3.63) is 29.8 Å². The maximum absolute atomic E-state index is 11.9. The number of hydrogen-bond acceptors (Lipinski definition) is 2. The van der Waals surface area contributed by atoms with Crippen LogP contribution in [0.5, 0.6) is 5.75 Å². The van der Waals surface area contributed by atoms with Crippen LogP contribution in [0.3, 0.4) is 0 Å². The molecule has 0 saturated carbocycles. The van der Waals surface area contributed by atoms with E-state index in [2.05, 4.69) is 17.4 Å². The Morgan fingerprint density at radius 3 is 2.35 bits per heavy atom. The number of carbonyl (C=O) groups is 1. The summed E-state index contributed by atoms with van der Waals surface area (Å²) in [5.74, 6) is 0.872. The molecule has 0 bridgehead atoms. The molecule has 4 heteroatoms. The van der Waals surface area contributed by atoms with E-state index in [1.807, 2.05) is 32.9 Å². The quantitative estimate of drug-likeness (QED) is 0.833. The summed E-state index contributed by atoms with van der Waals surface area (Å²) in [5.41, 5.74) is 1.26. The number of aryl methyl sites for hydroxylation is 1. The number of carbonyl (C=O) groups excluding carboxylic acids is 1. The molecule has 112 valence electrons. The first kappa shape index (κ1) is 16.3. The van der Waals surface area contributed by atoms with Gasteiger partial charge in [-0.1, -0.05) is 12.1 Å². The summed E-state index contributed by atoms with van der Waals surface area (Å²) < 4.78 is 5.14. The van der Waals surface area contributed by atoms with Gasteiger partial charge in [0.2, 0.25) is 0 Å². The average molecular weight is 278 g/mol. The molecule has 0 aliphatic rings. The highest BCUT2D eigenvalue weighted by Crippen LogP contribution is 2.13. The van der Waals surface area contributed by atoms with Gasteiger partial charge >= 0.3 is 6.03 Å². The van der Waals surface area contributed by atoms with Crippen LogP contribution in [-0.2, 0) is 6.42 Å². The standard InChI is InChI=1S/C16H26N2O2/c1-5-18(6-2)16(19)17-13(3)7-8-14-9-11-15(20-4)12-10-14/h9-13H,5-8H2,1-4H3,(H,17,19). The number of rotatable bonds is 7. The fraction of sp³-hybridized carbons (Fsp3) is 0.562. The number of amides is 2.